The van der Waals surface area contributed by atoms with Crippen molar-refractivity contribution in [2.24, 2.45) is 0 Å². The van der Waals surface area contributed by atoms with Crippen molar-refractivity contribution in [3.8, 4) is 5.75 Å². The highest BCUT2D eigenvalue weighted by Gasteiger charge is 2.14. The third kappa shape index (κ3) is 3.88. The lowest BCUT2D eigenvalue weighted by Crippen LogP contribution is -2.41. The summed E-state index contributed by atoms with van der Waals surface area (Å²) < 4.78 is 5.32. The average Bonchev–Trinajstić information content (AvgIpc) is 3.16. The van der Waals surface area contributed by atoms with Gasteiger partial charge in [0.15, 0.2) is 5.78 Å². The second-order valence-corrected chi connectivity index (χ2v) is 7.01. The van der Waals surface area contributed by atoms with Gasteiger partial charge in [-0.15, -0.1) is 0 Å². The van der Waals surface area contributed by atoms with Crippen LogP contribution in [0.2, 0.25) is 0 Å². The first-order chi connectivity index (χ1) is 13.7. The van der Waals surface area contributed by atoms with Gasteiger partial charge in [0.1, 0.15) is 5.75 Å². The SMILES string of the molecule is COc1ccc2[nH]cc(CCCC(=O)c3ccc(B4C=CC=CN4)cc3)c2c1. The standard InChI is InChI=1S/C23H23BN2O2/c1-28-20-11-12-22-21(15-20)18(16-25-22)5-4-6-23(27)17-7-9-19(10-8-17)24-13-2-3-14-26-24/h2-3,7-16,25-26H,4-6H2,1H3. The predicted octanol–water partition coefficient (Wildman–Crippen LogP) is 3.79. The predicted molar refractivity (Wildman–Crippen MR) is 115 cm³/mol. The molecule has 1 aromatic heterocycles. The normalized spacial score (nSPS) is 13.0. The molecule has 1 aliphatic rings. The van der Waals surface area contributed by atoms with Gasteiger partial charge in [0.2, 0.25) is 0 Å². The molecule has 2 heterocycles. The van der Waals surface area contributed by atoms with Crippen LogP contribution in [-0.2, 0) is 6.42 Å². The topological polar surface area (TPSA) is 54.1 Å². The van der Waals surface area contributed by atoms with E-state index in [1.807, 2.05) is 67.0 Å². The summed E-state index contributed by atoms with van der Waals surface area (Å²) in [5, 5.41) is 4.46. The minimum atomic E-state index is 0.174. The third-order valence-electron chi connectivity index (χ3n) is 5.20. The highest BCUT2D eigenvalue weighted by molar-refractivity contribution is 6.76. The van der Waals surface area contributed by atoms with Crippen molar-refractivity contribution in [2.45, 2.75) is 19.3 Å². The van der Waals surface area contributed by atoms with Crippen LogP contribution in [-0.4, -0.2) is 24.7 Å². The molecule has 2 N–H and O–H groups in total. The van der Waals surface area contributed by atoms with E-state index in [-0.39, 0.29) is 12.6 Å². The Bertz CT molecular complexity index is 1030. The van der Waals surface area contributed by atoms with Crippen LogP contribution >= 0.6 is 0 Å². The van der Waals surface area contributed by atoms with Gasteiger partial charge in [-0.2, -0.15) is 0 Å². The fourth-order valence-electron chi connectivity index (χ4n) is 3.60. The molecule has 28 heavy (non-hydrogen) atoms. The zero-order valence-electron chi connectivity index (χ0n) is 15.9. The molecule has 5 heteroatoms. The van der Waals surface area contributed by atoms with E-state index in [1.54, 1.807) is 7.11 Å². The molecule has 0 amide bonds. The van der Waals surface area contributed by atoms with Crippen molar-refractivity contribution in [2.75, 3.05) is 7.11 Å². The Morgan fingerprint density at radius 2 is 1.96 bits per heavy atom. The smallest absolute Gasteiger partial charge is 0.312 e. The van der Waals surface area contributed by atoms with E-state index in [4.69, 9.17) is 4.74 Å². The second kappa shape index (κ2) is 8.22. The molecule has 3 aromatic rings. The van der Waals surface area contributed by atoms with E-state index < -0.39 is 0 Å². The van der Waals surface area contributed by atoms with Crippen LogP contribution in [0.25, 0.3) is 10.9 Å². The fraction of sp³-hybridized carbons (Fsp3) is 0.174. The minimum absolute atomic E-state index is 0.174. The van der Waals surface area contributed by atoms with Crippen LogP contribution in [0.1, 0.15) is 28.8 Å². The maximum absolute atomic E-state index is 12.6. The van der Waals surface area contributed by atoms with Crippen molar-refractivity contribution < 1.29 is 9.53 Å². The monoisotopic (exact) mass is 370 g/mol. The molecule has 0 radical (unpaired) electrons. The van der Waals surface area contributed by atoms with Crippen LogP contribution in [0.3, 0.4) is 0 Å². The molecular weight excluding hydrogens is 347 g/mol. The van der Waals surface area contributed by atoms with Gasteiger partial charge in [0, 0.05) is 29.1 Å². The Kier molecular flexibility index (Phi) is 5.33. The van der Waals surface area contributed by atoms with Crippen LogP contribution in [0, 0.1) is 0 Å². The number of H-pyrrole nitrogens is 1. The number of Topliss-reactive ketones (excluding diaryl/α,β-unsaturated/α-hetero) is 1. The first-order valence-corrected chi connectivity index (χ1v) is 9.61. The summed E-state index contributed by atoms with van der Waals surface area (Å²) >= 11 is 0. The van der Waals surface area contributed by atoms with Gasteiger partial charge in [0.05, 0.1) is 7.11 Å². The van der Waals surface area contributed by atoms with E-state index in [0.717, 1.165) is 35.1 Å². The number of fused-ring (bicyclic) bond motifs is 1. The lowest BCUT2D eigenvalue weighted by molar-refractivity contribution is 0.0980. The number of ether oxygens (including phenoxy) is 1. The zero-order chi connectivity index (χ0) is 19.3. The van der Waals surface area contributed by atoms with Crippen LogP contribution < -0.4 is 15.4 Å². The van der Waals surface area contributed by atoms with Crippen molar-refractivity contribution in [3.63, 3.8) is 0 Å². The third-order valence-corrected chi connectivity index (χ3v) is 5.20. The van der Waals surface area contributed by atoms with E-state index >= 15 is 0 Å². The zero-order valence-corrected chi connectivity index (χ0v) is 15.9. The molecule has 0 unspecified atom stereocenters. The Hall–Kier alpha value is -3.21. The maximum Gasteiger partial charge on any atom is 0.312 e. The summed E-state index contributed by atoms with van der Waals surface area (Å²) in [5.74, 6) is 3.14. The number of hydrogen-bond donors (Lipinski definition) is 2. The van der Waals surface area contributed by atoms with Gasteiger partial charge in [-0.05, 0) is 48.9 Å². The summed E-state index contributed by atoms with van der Waals surface area (Å²) in [4.78, 5) is 15.8. The maximum atomic E-state index is 12.6. The molecule has 4 nitrogen and oxygen atoms in total. The lowest BCUT2D eigenvalue weighted by Gasteiger charge is -2.12. The Morgan fingerprint density at radius 3 is 2.71 bits per heavy atom. The van der Waals surface area contributed by atoms with Crippen molar-refractivity contribution in [1.82, 2.24) is 10.2 Å². The number of carbonyl (C=O) groups excluding carboxylic acids is 1. The number of ketones is 1. The number of hydrogen-bond acceptors (Lipinski definition) is 3. The van der Waals surface area contributed by atoms with Crippen molar-refractivity contribution >= 4 is 29.0 Å². The quantitative estimate of drug-likeness (QED) is 0.492. The fourth-order valence-corrected chi connectivity index (χ4v) is 3.60. The molecule has 0 bridgehead atoms. The Balaban J connectivity index is 1.35. The van der Waals surface area contributed by atoms with Gasteiger partial charge in [-0.25, -0.2) is 0 Å². The Labute approximate surface area is 165 Å². The minimum Gasteiger partial charge on any atom is -0.497 e. The molecule has 4 rings (SSSR count). The highest BCUT2D eigenvalue weighted by Crippen LogP contribution is 2.25. The van der Waals surface area contributed by atoms with E-state index in [0.29, 0.717) is 6.42 Å². The van der Waals surface area contributed by atoms with E-state index in [1.165, 1.54) is 10.9 Å². The molecule has 0 saturated heterocycles. The molecule has 2 aromatic carbocycles. The van der Waals surface area contributed by atoms with Gasteiger partial charge in [0.25, 0.3) is 0 Å². The van der Waals surface area contributed by atoms with E-state index in [2.05, 4.69) is 16.2 Å². The number of benzene rings is 2. The number of rotatable bonds is 7. The number of methoxy groups -OCH3 is 1. The van der Waals surface area contributed by atoms with E-state index in [9.17, 15) is 4.79 Å². The first-order valence-electron chi connectivity index (χ1n) is 9.61. The second-order valence-electron chi connectivity index (χ2n) is 7.01. The summed E-state index contributed by atoms with van der Waals surface area (Å²) in [6.07, 6.45) is 10.2. The largest absolute Gasteiger partial charge is 0.497 e. The van der Waals surface area contributed by atoms with Crippen LogP contribution in [0.5, 0.6) is 5.75 Å². The number of aromatic nitrogens is 1. The molecular formula is C23H23BN2O2. The number of aryl methyl sites for hydroxylation is 1. The summed E-state index contributed by atoms with van der Waals surface area (Å²) in [7, 11) is 1.68. The highest BCUT2D eigenvalue weighted by atomic mass is 16.5. The molecule has 1 aliphatic heterocycles. The van der Waals surface area contributed by atoms with Gasteiger partial charge in [-0.3, -0.25) is 4.79 Å². The summed E-state index contributed by atoms with van der Waals surface area (Å²) in [6.45, 7) is 0.174. The average molecular weight is 370 g/mol. The van der Waals surface area contributed by atoms with Crippen molar-refractivity contribution in [3.05, 3.63) is 84.1 Å². The number of aromatic amines is 1. The van der Waals surface area contributed by atoms with Gasteiger partial charge >= 0.3 is 6.85 Å². The molecule has 0 atom stereocenters. The lowest BCUT2D eigenvalue weighted by atomic mass is 9.55. The number of carbonyl (C=O) groups is 1. The molecule has 0 spiro atoms. The number of nitrogens with one attached hydrogen (secondary N) is 2. The molecule has 0 aliphatic carbocycles. The first kappa shape index (κ1) is 18.2. The van der Waals surface area contributed by atoms with Crippen LogP contribution in [0.4, 0.5) is 0 Å². The molecule has 140 valence electrons. The van der Waals surface area contributed by atoms with Crippen molar-refractivity contribution in [1.29, 1.82) is 0 Å². The summed E-state index contributed by atoms with van der Waals surface area (Å²) in [6, 6.07) is 13.9. The van der Waals surface area contributed by atoms with Gasteiger partial charge < -0.3 is 14.9 Å². The Morgan fingerprint density at radius 1 is 1.11 bits per heavy atom. The molecule has 0 saturated carbocycles. The molecule has 0 fully saturated rings. The van der Waals surface area contributed by atoms with Gasteiger partial charge in [-0.1, -0.05) is 41.8 Å². The summed E-state index contributed by atoms with van der Waals surface area (Å²) in [5.41, 5.74) is 4.25. The number of allylic oxidation sites excluding steroid dienone is 2. The van der Waals surface area contributed by atoms with Crippen LogP contribution in [0.15, 0.2) is 73.0 Å².